The van der Waals surface area contributed by atoms with E-state index in [4.69, 9.17) is 10.5 Å². The molecule has 1 aromatic heterocycles. The highest BCUT2D eigenvalue weighted by Crippen LogP contribution is 2.31. The Balaban J connectivity index is 1.56. The lowest BCUT2D eigenvalue weighted by molar-refractivity contribution is 0.202. The second-order valence-corrected chi connectivity index (χ2v) is 6.29. The minimum atomic E-state index is 0.132. The molecule has 1 aliphatic rings. The number of unbranched alkanes of at least 4 members (excludes halogenated alkanes) is 1. The van der Waals surface area contributed by atoms with Crippen LogP contribution in [0, 0.1) is 0 Å². The summed E-state index contributed by atoms with van der Waals surface area (Å²) in [4.78, 5) is 0. The van der Waals surface area contributed by atoms with Gasteiger partial charge in [-0.15, -0.1) is 5.10 Å². The highest BCUT2D eigenvalue weighted by atomic mass is 79.9. The molecular formula is C15H19BrN4O. The highest BCUT2D eigenvalue weighted by Gasteiger charge is 2.23. The van der Waals surface area contributed by atoms with Crippen molar-refractivity contribution in [3.63, 3.8) is 0 Å². The van der Waals surface area contributed by atoms with Crippen LogP contribution >= 0.6 is 15.9 Å². The van der Waals surface area contributed by atoms with E-state index in [0.29, 0.717) is 0 Å². The van der Waals surface area contributed by atoms with Crippen molar-refractivity contribution in [2.24, 2.45) is 5.73 Å². The summed E-state index contributed by atoms with van der Waals surface area (Å²) in [5.74, 6) is 0.978. The number of hydrogen-bond acceptors (Lipinski definition) is 4. The molecular weight excluding hydrogens is 332 g/mol. The maximum absolute atomic E-state index is 5.95. The molecule has 2 heterocycles. The maximum atomic E-state index is 5.95. The van der Waals surface area contributed by atoms with Gasteiger partial charge < -0.3 is 10.5 Å². The van der Waals surface area contributed by atoms with Crippen molar-refractivity contribution >= 4 is 15.9 Å². The molecule has 2 aromatic rings. The summed E-state index contributed by atoms with van der Waals surface area (Å²) in [6, 6.07) is 6.14. The van der Waals surface area contributed by atoms with Gasteiger partial charge in [0.15, 0.2) is 0 Å². The van der Waals surface area contributed by atoms with Crippen LogP contribution in [-0.2, 0) is 19.4 Å². The van der Waals surface area contributed by atoms with Gasteiger partial charge in [0.25, 0.3) is 0 Å². The fourth-order valence-electron chi connectivity index (χ4n) is 2.59. The third-order valence-corrected chi connectivity index (χ3v) is 4.12. The van der Waals surface area contributed by atoms with Crippen LogP contribution in [0.2, 0.25) is 0 Å². The van der Waals surface area contributed by atoms with Gasteiger partial charge in [0.2, 0.25) is 0 Å². The number of nitrogens with zero attached hydrogens (tertiary/aromatic N) is 3. The Morgan fingerprint density at radius 1 is 1.38 bits per heavy atom. The number of aryl methyl sites for hydroxylation is 1. The van der Waals surface area contributed by atoms with E-state index in [0.717, 1.165) is 54.7 Å². The zero-order chi connectivity index (χ0) is 14.7. The number of benzene rings is 1. The van der Waals surface area contributed by atoms with Gasteiger partial charge in [0.1, 0.15) is 11.9 Å². The largest absolute Gasteiger partial charge is 0.488 e. The van der Waals surface area contributed by atoms with Gasteiger partial charge in [-0.3, -0.25) is 0 Å². The highest BCUT2D eigenvalue weighted by molar-refractivity contribution is 9.10. The van der Waals surface area contributed by atoms with Crippen molar-refractivity contribution in [1.82, 2.24) is 15.0 Å². The van der Waals surface area contributed by atoms with Crippen LogP contribution in [0.5, 0.6) is 5.75 Å². The van der Waals surface area contributed by atoms with Crippen LogP contribution in [0.3, 0.4) is 0 Å². The standard InChI is InChI=1S/C15H19BrN4O/c16-12-4-5-15-11(7-12)8-14(21-15)10-20-9-13(18-19-20)3-1-2-6-17/h4-5,7,9,14H,1-3,6,8,10,17H2. The Hall–Kier alpha value is -1.40. The summed E-state index contributed by atoms with van der Waals surface area (Å²) in [5, 5.41) is 8.39. The molecule has 6 heteroatoms. The summed E-state index contributed by atoms with van der Waals surface area (Å²) in [5.41, 5.74) is 7.78. The van der Waals surface area contributed by atoms with Gasteiger partial charge in [-0.2, -0.15) is 0 Å². The number of hydrogen-bond donors (Lipinski definition) is 1. The topological polar surface area (TPSA) is 66.0 Å². The van der Waals surface area contributed by atoms with Crippen molar-refractivity contribution in [2.75, 3.05) is 6.54 Å². The van der Waals surface area contributed by atoms with E-state index in [-0.39, 0.29) is 6.10 Å². The normalized spacial score (nSPS) is 16.8. The lowest BCUT2D eigenvalue weighted by Gasteiger charge is -2.09. The number of aromatic nitrogens is 3. The average molecular weight is 351 g/mol. The zero-order valence-electron chi connectivity index (χ0n) is 11.8. The molecule has 0 saturated heterocycles. The van der Waals surface area contributed by atoms with E-state index < -0.39 is 0 Å². The molecule has 0 saturated carbocycles. The van der Waals surface area contributed by atoms with E-state index in [1.165, 1.54) is 5.56 Å². The lowest BCUT2D eigenvalue weighted by Crippen LogP contribution is -2.21. The average Bonchev–Trinajstić information content (AvgIpc) is 3.05. The Morgan fingerprint density at radius 3 is 3.14 bits per heavy atom. The van der Waals surface area contributed by atoms with Crippen LogP contribution < -0.4 is 10.5 Å². The number of nitrogens with two attached hydrogens (primary N) is 1. The van der Waals surface area contributed by atoms with E-state index in [1.807, 2.05) is 23.0 Å². The molecule has 2 N–H and O–H groups in total. The minimum Gasteiger partial charge on any atom is -0.488 e. The molecule has 0 aliphatic carbocycles. The van der Waals surface area contributed by atoms with Gasteiger partial charge in [0.05, 0.1) is 12.2 Å². The van der Waals surface area contributed by atoms with E-state index in [1.54, 1.807) is 0 Å². The zero-order valence-corrected chi connectivity index (χ0v) is 13.4. The first-order valence-corrected chi connectivity index (χ1v) is 8.08. The second kappa shape index (κ2) is 6.58. The van der Waals surface area contributed by atoms with Crippen LogP contribution in [0.25, 0.3) is 0 Å². The van der Waals surface area contributed by atoms with E-state index in [2.05, 4.69) is 32.3 Å². The first-order chi connectivity index (χ1) is 10.2. The molecule has 3 rings (SSSR count). The molecule has 1 aliphatic heterocycles. The quantitative estimate of drug-likeness (QED) is 0.812. The van der Waals surface area contributed by atoms with Crippen molar-refractivity contribution < 1.29 is 4.74 Å². The smallest absolute Gasteiger partial charge is 0.123 e. The predicted octanol–water partition coefficient (Wildman–Crippen LogP) is 2.33. The van der Waals surface area contributed by atoms with E-state index >= 15 is 0 Å². The molecule has 112 valence electrons. The molecule has 5 nitrogen and oxygen atoms in total. The van der Waals surface area contributed by atoms with Gasteiger partial charge in [-0.05, 0) is 49.6 Å². The third kappa shape index (κ3) is 3.63. The molecule has 1 atom stereocenters. The molecule has 1 aromatic carbocycles. The van der Waals surface area contributed by atoms with E-state index in [9.17, 15) is 0 Å². The van der Waals surface area contributed by atoms with Crippen molar-refractivity contribution in [3.05, 3.63) is 40.1 Å². The summed E-state index contributed by atoms with van der Waals surface area (Å²) in [6.07, 6.45) is 6.09. The van der Waals surface area contributed by atoms with Gasteiger partial charge in [-0.1, -0.05) is 21.1 Å². The fourth-order valence-corrected chi connectivity index (χ4v) is 3.00. The summed E-state index contributed by atoms with van der Waals surface area (Å²) in [6.45, 7) is 1.47. The molecule has 0 bridgehead atoms. The number of halogens is 1. The van der Waals surface area contributed by atoms with Gasteiger partial charge in [0, 0.05) is 17.1 Å². The molecule has 21 heavy (non-hydrogen) atoms. The van der Waals surface area contributed by atoms with Crippen LogP contribution in [-0.4, -0.2) is 27.6 Å². The van der Waals surface area contributed by atoms with Crippen molar-refractivity contribution in [1.29, 1.82) is 0 Å². The van der Waals surface area contributed by atoms with Crippen molar-refractivity contribution in [2.45, 2.75) is 38.3 Å². The Kier molecular flexibility index (Phi) is 4.55. The Labute approximate surface area is 132 Å². The third-order valence-electron chi connectivity index (χ3n) is 3.63. The SMILES string of the molecule is NCCCCc1cn(CC2Cc3cc(Br)ccc3O2)nn1. The fraction of sp³-hybridized carbons (Fsp3) is 0.467. The Bertz CT molecular complexity index is 613. The number of fused-ring (bicyclic) bond motifs is 1. The molecule has 0 fully saturated rings. The second-order valence-electron chi connectivity index (χ2n) is 5.37. The van der Waals surface area contributed by atoms with Crippen LogP contribution in [0.4, 0.5) is 0 Å². The molecule has 0 spiro atoms. The molecule has 0 amide bonds. The van der Waals surface area contributed by atoms with Gasteiger partial charge in [-0.25, -0.2) is 4.68 Å². The van der Waals surface area contributed by atoms with Crippen LogP contribution in [0.15, 0.2) is 28.9 Å². The summed E-state index contributed by atoms with van der Waals surface area (Å²) in [7, 11) is 0. The summed E-state index contributed by atoms with van der Waals surface area (Å²) >= 11 is 3.49. The maximum Gasteiger partial charge on any atom is 0.123 e. The first kappa shape index (κ1) is 14.5. The minimum absolute atomic E-state index is 0.132. The number of ether oxygens (including phenoxy) is 1. The monoisotopic (exact) mass is 350 g/mol. The summed E-state index contributed by atoms with van der Waals surface area (Å²) < 4.78 is 8.92. The predicted molar refractivity (Wildman–Crippen MR) is 84.3 cm³/mol. The molecule has 0 radical (unpaired) electrons. The molecule has 1 unspecified atom stereocenters. The van der Waals surface area contributed by atoms with Gasteiger partial charge >= 0.3 is 0 Å². The first-order valence-electron chi connectivity index (χ1n) is 7.29. The Morgan fingerprint density at radius 2 is 2.29 bits per heavy atom. The van der Waals surface area contributed by atoms with Crippen molar-refractivity contribution in [3.8, 4) is 5.75 Å². The number of rotatable bonds is 6. The lowest BCUT2D eigenvalue weighted by atomic mass is 10.1. The van der Waals surface area contributed by atoms with Crippen LogP contribution in [0.1, 0.15) is 24.1 Å².